The van der Waals surface area contributed by atoms with Gasteiger partial charge in [0.25, 0.3) is 0 Å². The van der Waals surface area contributed by atoms with Crippen LogP contribution in [0.1, 0.15) is 24.1 Å². The number of hydrogen-bond acceptors (Lipinski definition) is 3. The monoisotopic (exact) mass is 345 g/mol. The molecule has 1 N–H and O–H groups in total. The maximum Gasteiger partial charge on any atom is 0.244 e. The minimum absolute atomic E-state index is 0.0719. The molecule has 1 atom stereocenters. The van der Waals surface area contributed by atoms with Gasteiger partial charge in [0.1, 0.15) is 0 Å². The lowest BCUT2D eigenvalue weighted by Gasteiger charge is -2.12. The van der Waals surface area contributed by atoms with Gasteiger partial charge >= 0.3 is 0 Å². The normalized spacial score (nSPS) is 12.0. The zero-order valence-corrected chi connectivity index (χ0v) is 14.6. The van der Waals surface area contributed by atoms with Crippen LogP contribution in [0.2, 0.25) is 5.02 Å². The van der Waals surface area contributed by atoms with Crippen molar-refractivity contribution in [3.63, 3.8) is 0 Å². The predicted molar refractivity (Wildman–Crippen MR) is 96.6 cm³/mol. The first-order valence-electron chi connectivity index (χ1n) is 7.50. The van der Waals surface area contributed by atoms with E-state index in [1.165, 1.54) is 20.3 Å². The summed E-state index contributed by atoms with van der Waals surface area (Å²) in [6, 6.07) is 13.2. The Kier molecular flexibility index (Phi) is 6.27. The summed E-state index contributed by atoms with van der Waals surface area (Å²) in [6.07, 6.45) is 3.15. The summed E-state index contributed by atoms with van der Waals surface area (Å²) in [6.45, 7) is 1.94. The molecule has 0 saturated heterocycles. The summed E-state index contributed by atoms with van der Waals surface area (Å²) in [5.74, 6) is 0.804. The number of carbonyl (C=O) groups excluding carboxylic acids is 1. The van der Waals surface area contributed by atoms with E-state index in [9.17, 15) is 4.79 Å². The van der Waals surface area contributed by atoms with Crippen LogP contribution in [-0.2, 0) is 4.79 Å². The summed E-state index contributed by atoms with van der Waals surface area (Å²) in [5, 5.41) is 3.34. The maximum absolute atomic E-state index is 12.1. The molecule has 126 valence electrons. The number of rotatable bonds is 6. The minimum Gasteiger partial charge on any atom is -0.493 e. The van der Waals surface area contributed by atoms with E-state index in [0.29, 0.717) is 16.5 Å². The number of ether oxygens (including phenoxy) is 2. The van der Waals surface area contributed by atoms with Crippen LogP contribution in [0.3, 0.4) is 0 Å². The van der Waals surface area contributed by atoms with Crippen molar-refractivity contribution in [2.45, 2.75) is 13.0 Å². The number of nitrogens with one attached hydrogen (secondary N) is 1. The van der Waals surface area contributed by atoms with Gasteiger partial charge in [-0.05, 0) is 36.3 Å². The summed E-state index contributed by atoms with van der Waals surface area (Å²) in [4.78, 5) is 12.1. The molecule has 0 aromatic heterocycles. The summed E-state index contributed by atoms with van der Waals surface area (Å²) in [5.41, 5.74) is 1.80. The van der Waals surface area contributed by atoms with Gasteiger partial charge in [-0.3, -0.25) is 4.79 Å². The van der Waals surface area contributed by atoms with Crippen LogP contribution in [0, 0.1) is 0 Å². The van der Waals surface area contributed by atoms with Crippen molar-refractivity contribution in [2.24, 2.45) is 0 Å². The van der Waals surface area contributed by atoms with Crippen molar-refractivity contribution in [3.05, 3.63) is 64.7 Å². The van der Waals surface area contributed by atoms with E-state index in [1.54, 1.807) is 18.2 Å². The highest BCUT2D eigenvalue weighted by molar-refractivity contribution is 6.32. The van der Waals surface area contributed by atoms with Crippen LogP contribution < -0.4 is 14.8 Å². The molecule has 2 rings (SSSR count). The summed E-state index contributed by atoms with van der Waals surface area (Å²) in [7, 11) is 3.06. The van der Waals surface area contributed by atoms with Crippen molar-refractivity contribution >= 4 is 23.6 Å². The molecule has 0 radical (unpaired) electrons. The van der Waals surface area contributed by atoms with Crippen LogP contribution in [0.15, 0.2) is 48.5 Å². The van der Waals surface area contributed by atoms with Crippen LogP contribution in [0.4, 0.5) is 0 Å². The van der Waals surface area contributed by atoms with E-state index in [0.717, 1.165) is 11.1 Å². The van der Waals surface area contributed by atoms with Gasteiger partial charge in [0, 0.05) is 6.08 Å². The second-order valence-corrected chi connectivity index (χ2v) is 5.62. The maximum atomic E-state index is 12.1. The predicted octanol–water partition coefficient (Wildman–Crippen LogP) is 4.25. The molecule has 0 saturated carbocycles. The average molecular weight is 346 g/mol. The van der Waals surface area contributed by atoms with Gasteiger partial charge in [0.2, 0.25) is 5.91 Å². The second-order valence-electron chi connectivity index (χ2n) is 5.21. The molecule has 1 amide bonds. The quantitative estimate of drug-likeness (QED) is 0.796. The third kappa shape index (κ3) is 4.52. The molecule has 0 heterocycles. The fraction of sp³-hybridized carbons (Fsp3) is 0.211. The Labute approximate surface area is 147 Å². The number of methoxy groups -OCH3 is 2. The number of carbonyl (C=O) groups is 1. The molecule has 2 aromatic rings. The van der Waals surface area contributed by atoms with Crippen molar-refractivity contribution < 1.29 is 14.3 Å². The zero-order valence-electron chi connectivity index (χ0n) is 13.9. The molecule has 2 aromatic carbocycles. The molecule has 24 heavy (non-hydrogen) atoms. The molecule has 0 unspecified atom stereocenters. The van der Waals surface area contributed by atoms with E-state index >= 15 is 0 Å². The molecule has 5 heteroatoms. The molecule has 0 spiro atoms. The minimum atomic E-state index is -0.183. The summed E-state index contributed by atoms with van der Waals surface area (Å²) < 4.78 is 10.4. The van der Waals surface area contributed by atoms with Crippen LogP contribution >= 0.6 is 11.6 Å². The SMILES string of the molecule is COc1cc(/C=C/C(=O)N[C@H](C)c2ccccc2)cc(Cl)c1OC. The van der Waals surface area contributed by atoms with Crippen molar-refractivity contribution in [2.75, 3.05) is 14.2 Å². The molecular formula is C19H20ClNO3. The van der Waals surface area contributed by atoms with Crippen molar-refractivity contribution in [3.8, 4) is 11.5 Å². The Bertz CT molecular complexity index is 729. The zero-order chi connectivity index (χ0) is 17.5. The first-order chi connectivity index (χ1) is 11.5. The van der Waals surface area contributed by atoms with Crippen LogP contribution in [0.5, 0.6) is 11.5 Å². The van der Waals surface area contributed by atoms with Gasteiger partial charge in [-0.2, -0.15) is 0 Å². The molecule has 0 aliphatic rings. The van der Waals surface area contributed by atoms with Gasteiger partial charge in [0.15, 0.2) is 11.5 Å². The van der Waals surface area contributed by atoms with Crippen LogP contribution in [-0.4, -0.2) is 20.1 Å². The fourth-order valence-corrected chi connectivity index (χ4v) is 2.59. The van der Waals surface area contributed by atoms with Gasteiger partial charge in [-0.1, -0.05) is 41.9 Å². The number of hydrogen-bond donors (Lipinski definition) is 1. The highest BCUT2D eigenvalue weighted by Crippen LogP contribution is 2.36. The number of amides is 1. The Balaban J connectivity index is 2.07. The lowest BCUT2D eigenvalue weighted by atomic mass is 10.1. The topological polar surface area (TPSA) is 47.6 Å². The first-order valence-corrected chi connectivity index (χ1v) is 7.88. The standard InChI is InChI=1S/C19H20ClNO3/c1-13(15-7-5-4-6-8-15)21-18(22)10-9-14-11-16(20)19(24-3)17(12-14)23-2/h4-13H,1-3H3,(H,21,22)/b10-9+/t13-/m1/s1. The van der Waals surface area contributed by atoms with Crippen molar-refractivity contribution in [1.29, 1.82) is 0 Å². The number of halogens is 1. The number of benzene rings is 2. The Morgan fingerprint density at radius 2 is 1.88 bits per heavy atom. The smallest absolute Gasteiger partial charge is 0.244 e. The third-order valence-corrected chi connectivity index (χ3v) is 3.82. The molecule has 0 fully saturated rings. The van der Waals surface area contributed by atoms with Gasteiger partial charge in [-0.25, -0.2) is 0 Å². The van der Waals surface area contributed by atoms with E-state index in [1.807, 2.05) is 37.3 Å². The lowest BCUT2D eigenvalue weighted by Crippen LogP contribution is -2.24. The van der Waals surface area contributed by atoms with E-state index in [2.05, 4.69) is 5.32 Å². The van der Waals surface area contributed by atoms with Gasteiger partial charge in [-0.15, -0.1) is 0 Å². The second kappa shape index (κ2) is 8.41. The summed E-state index contributed by atoms with van der Waals surface area (Å²) >= 11 is 6.15. The van der Waals surface area contributed by atoms with E-state index in [4.69, 9.17) is 21.1 Å². The Hall–Kier alpha value is -2.46. The van der Waals surface area contributed by atoms with Gasteiger partial charge in [0.05, 0.1) is 25.3 Å². The van der Waals surface area contributed by atoms with Gasteiger partial charge < -0.3 is 14.8 Å². The molecule has 0 aliphatic heterocycles. The third-order valence-electron chi connectivity index (χ3n) is 3.54. The van der Waals surface area contributed by atoms with Crippen LogP contribution in [0.25, 0.3) is 6.08 Å². The molecular weight excluding hydrogens is 326 g/mol. The van der Waals surface area contributed by atoms with E-state index in [-0.39, 0.29) is 11.9 Å². The fourth-order valence-electron chi connectivity index (χ4n) is 2.29. The molecule has 0 aliphatic carbocycles. The molecule has 0 bridgehead atoms. The Morgan fingerprint density at radius 3 is 2.50 bits per heavy atom. The highest BCUT2D eigenvalue weighted by Gasteiger charge is 2.10. The van der Waals surface area contributed by atoms with E-state index < -0.39 is 0 Å². The van der Waals surface area contributed by atoms with Crippen molar-refractivity contribution in [1.82, 2.24) is 5.32 Å². The first kappa shape index (κ1) is 17.9. The Morgan fingerprint density at radius 1 is 1.17 bits per heavy atom. The average Bonchev–Trinajstić information content (AvgIpc) is 2.60. The molecule has 4 nitrogen and oxygen atoms in total. The highest BCUT2D eigenvalue weighted by atomic mass is 35.5. The lowest BCUT2D eigenvalue weighted by molar-refractivity contribution is -0.117. The largest absolute Gasteiger partial charge is 0.493 e.